The maximum Gasteiger partial charge on any atom is 0.416 e. The average Bonchev–Trinajstić information content (AvgIpc) is 3.40. The predicted octanol–water partition coefficient (Wildman–Crippen LogP) is 2.89. The van der Waals surface area contributed by atoms with Gasteiger partial charge in [0.2, 0.25) is 0 Å². The smallest absolute Gasteiger partial charge is 0.335 e. The molecule has 0 saturated heterocycles. The van der Waals surface area contributed by atoms with E-state index < -0.39 is 28.4 Å². The fourth-order valence-corrected chi connectivity index (χ4v) is 3.89. The Morgan fingerprint density at radius 1 is 1.09 bits per heavy atom. The third-order valence-electron chi connectivity index (χ3n) is 5.46. The zero-order valence-electron chi connectivity index (χ0n) is 17.5. The van der Waals surface area contributed by atoms with Gasteiger partial charge in [0.15, 0.2) is 5.65 Å². The Morgan fingerprint density at radius 3 is 2.44 bits per heavy atom. The number of aryl methyl sites for hydroxylation is 1. The highest BCUT2D eigenvalue weighted by atomic mass is 19.4. The van der Waals surface area contributed by atoms with Crippen LogP contribution >= 0.6 is 0 Å². The summed E-state index contributed by atoms with van der Waals surface area (Å²) in [6, 6.07) is 4.99. The maximum atomic E-state index is 13.2. The number of nitrogens with zero attached hydrogens (tertiary/aromatic N) is 5. The fraction of sp³-hybridized carbons (Fsp3) is 0.381. The summed E-state index contributed by atoms with van der Waals surface area (Å²) in [6.07, 6.45) is -0.830. The molecule has 0 unspecified atom stereocenters. The number of H-pyrrole nitrogens is 1. The van der Waals surface area contributed by atoms with Crippen molar-refractivity contribution >= 4 is 23.6 Å². The predicted molar refractivity (Wildman–Crippen MR) is 114 cm³/mol. The molecule has 1 aliphatic rings. The van der Waals surface area contributed by atoms with Crippen LogP contribution in [0.3, 0.4) is 0 Å². The lowest BCUT2D eigenvalue weighted by Crippen LogP contribution is -2.39. The van der Waals surface area contributed by atoms with Crippen LogP contribution in [0.1, 0.15) is 37.2 Å². The summed E-state index contributed by atoms with van der Waals surface area (Å²) >= 11 is 0. The Bertz CT molecular complexity index is 1330. The molecule has 1 aliphatic heterocycles. The summed E-state index contributed by atoms with van der Waals surface area (Å²) in [4.78, 5) is 33.2. The van der Waals surface area contributed by atoms with Crippen LogP contribution in [0, 0.1) is 0 Å². The van der Waals surface area contributed by atoms with Gasteiger partial charge in [-0.3, -0.25) is 13.9 Å². The number of rotatable bonds is 6. The number of benzene rings is 1. The molecule has 0 bridgehead atoms. The number of nitrogens with one attached hydrogen (secondary N) is 1. The maximum absolute atomic E-state index is 13.2. The van der Waals surface area contributed by atoms with Gasteiger partial charge in [0.1, 0.15) is 16.8 Å². The van der Waals surface area contributed by atoms with Crippen LogP contribution in [0.2, 0.25) is 0 Å². The van der Waals surface area contributed by atoms with Crippen LogP contribution in [0.5, 0.6) is 0 Å². The van der Waals surface area contributed by atoms with Crippen molar-refractivity contribution in [3.63, 3.8) is 0 Å². The van der Waals surface area contributed by atoms with Crippen LogP contribution in [0.4, 0.5) is 13.2 Å². The number of aromatic nitrogens is 4. The number of alkyl halides is 3. The monoisotopic (exact) mass is 446 g/mol. The second-order valence-corrected chi connectivity index (χ2v) is 7.67. The van der Waals surface area contributed by atoms with E-state index in [2.05, 4.69) is 20.2 Å². The Hall–Kier alpha value is -3.50. The van der Waals surface area contributed by atoms with Crippen molar-refractivity contribution in [1.82, 2.24) is 19.1 Å². The molecule has 0 spiro atoms. The second kappa shape index (κ2) is 7.88. The van der Waals surface area contributed by atoms with Crippen LogP contribution in [-0.4, -0.2) is 31.5 Å². The lowest BCUT2D eigenvalue weighted by atomic mass is 9.83. The molecule has 0 radical (unpaired) electrons. The van der Waals surface area contributed by atoms with Crippen molar-refractivity contribution in [2.75, 3.05) is 0 Å². The first kappa shape index (κ1) is 21.7. The highest BCUT2D eigenvalue weighted by Crippen LogP contribution is 2.32. The number of hydrogen-bond acceptors (Lipinski definition) is 5. The number of imidazole rings is 1. The highest BCUT2D eigenvalue weighted by molar-refractivity contribution is 5.99. The Balaban J connectivity index is 1.87. The molecule has 1 aromatic carbocycles. The molecule has 8 nitrogen and oxygen atoms in total. The third kappa shape index (κ3) is 3.57. The van der Waals surface area contributed by atoms with Crippen molar-refractivity contribution in [2.24, 2.45) is 10.2 Å². The van der Waals surface area contributed by atoms with Gasteiger partial charge in [-0.1, -0.05) is 25.1 Å². The molecule has 3 heterocycles. The van der Waals surface area contributed by atoms with E-state index in [0.717, 1.165) is 16.7 Å². The van der Waals surface area contributed by atoms with Crippen molar-refractivity contribution in [3.8, 4) is 0 Å². The minimum atomic E-state index is -4.47. The van der Waals surface area contributed by atoms with Gasteiger partial charge in [0.25, 0.3) is 5.56 Å². The van der Waals surface area contributed by atoms with Crippen molar-refractivity contribution in [2.45, 2.75) is 51.4 Å². The van der Waals surface area contributed by atoms with Gasteiger partial charge in [-0.2, -0.15) is 23.4 Å². The average molecular weight is 446 g/mol. The summed E-state index contributed by atoms with van der Waals surface area (Å²) < 4.78 is 42.0. The minimum Gasteiger partial charge on any atom is -0.335 e. The molecule has 0 amide bonds. The Labute approximate surface area is 180 Å². The van der Waals surface area contributed by atoms with Gasteiger partial charge in [-0.05, 0) is 31.4 Å². The van der Waals surface area contributed by atoms with Gasteiger partial charge in [0, 0.05) is 25.5 Å². The molecular formula is C21H21F3N6O2. The molecule has 0 atom stereocenters. The van der Waals surface area contributed by atoms with Crippen LogP contribution < -0.4 is 11.2 Å². The van der Waals surface area contributed by atoms with Crippen LogP contribution in [0.15, 0.2) is 44.1 Å². The van der Waals surface area contributed by atoms with Crippen molar-refractivity contribution < 1.29 is 13.2 Å². The number of fused-ring (bicyclic) bond motifs is 1. The molecule has 11 heteroatoms. The van der Waals surface area contributed by atoms with E-state index in [-0.39, 0.29) is 30.0 Å². The van der Waals surface area contributed by atoms with E-state index in [9.17, 15) is 22.8 Å². The highest BCUT2D eigenvalue weighted by Gasteiger charge is 2.37. The van der Waals surface area contributed by atoms with E-state index >= 15 is 0 Å². The van der Waals surface area contributed by atoms with E-state index in [4.69, 9.17) is 0 Å². The zero-order chi connectivity index (χ0) is 23.1. The van der Waals surface area contributed by atoms with Gasteiger partial charge in [-0.15, -0.1) is 0 Å². The Kier molecular flexibility index (Phi) is 5.35. The summed E-state index contributed by atoms with van der Waals surface area (Å²) in [7, 11) is 0. The van der Waals surface area contributed by atoms with Crippen LogP contribution in [0.25, 0.3) is 11.2 Å². The molecule has 1 N–H and O–H groups in total. The van der Waals surface area contributed by atoms with E-state index in [1.165, 1.54) is 23.1 Å². The van der Waals surface area contributed by atoms with Crippen LogP contribution in [-0.2, 0) is 31.1 Å². The molecule has 4 rings (SSSR count). The molecule has 0 aliphatic carbocycles. The first-order chi connectivity index (χ1) is 15.2. The van der Waals surface area contributed by atoms with Crippen molar-refractivity contribution in [1.29, 1.82) is 0 Å². The number of aromatic amines is 1. The molecule has 32 heavy (non-hydrogen) atoms. The summed E-state index contributed by atoms with van der Waals surface area (Å²) in [5.74, 6) is 0.280. The summed E-state index contributed by atoms with van der Waals surface area (Å²) in [6.45, 7) is 4.19. The van der Waals surface area contributed by atoms with Crippen molar-refractivity contribution in [3.05, 3.63) is 62.1 Å². The molecule has 168 valence electrons. The summed E-state index contributed by atoms with van der Waals surface area (Å²) in [5, 5.41) is 7.78. The number of halogens is 3. The molecule has 0 fully saturated rings. The molecular weight excluding hydrogens is 425 g/mol. The molecule has 0 saturated carbocycles. The van der Waals surface area contributed by atoms with E-state index in [1.54, 1.807) is 13.0 Å². The van der Waals surface area contributed by atoms with E-state index in [0.29, 0.717) is 18.5 Å². The summed E-state index contributed by atoms with van der Waals surface area (Å²) in [5.41, 5.74) is -2.03. The lowest BCUT2D eigenvalue weighted by Gasteiger charge is -2.20. The topological polar surface area (TPSA) is 97.4 Å². The second-order valence-electron chi connectivity index (χ2n) is 7.67. The van der Waals surface area contributed by atoms with Gasteiger partial charge < -0.3 is 4.98 Å². The first-order valence-corrected chi connectivity index (χ1v) is 10.2. The first-order valence-electron chi connectivity index (χ1n) is 10.2. The SMILES string of the molecule is CCCn1c(=O)c2[nH]c(C3(Cc4cccc(C(F)(F)F)c4)C=NN=C3)nc2n(CC)c1=O. The fourth-order valence-electron chi connectivity index (χ4n) is 3.89. The normalized spacial score (nSPS) is 15.2. The van der Waals surface area contributed by atoms with Gasteiger partial charge >= 0.3 is 11.9 Å². The standard InChI is InChI=1S/C21H21F3N6O2/c1-3-8-30-17(31)15-16(29(4-2)19(30)32)28-18(27-15)20(11-25-26-12-20)10-13-6-5-7-14(9-13)21(22,23)24/h5-7,9,11-12H,3-4,8,10H2,1-2H3,(H,27,28). The third-order valence-corrected chi connectivity index (χ3v) is 5.46. The van der Waals surface area contributed by atoms with Gasteiger partial charge in [0.05, 0.1) is 5.56 Å². The van der Waals surface area contributed by atoms with Gasteiger partial charge in [-0.25, -0.2) is 9.78 Å². The quantitative estimate of drug-likeness (QED) is 0.631. The lowest BCUT2D eigenvalue weighted by molar-refractivity contribution is -0.137. The number of hydrogen-bond donors (Lipinski definition) is 1. The Morgan fingerprint density at radius 2 is 1.81 bits per heavy atom. The largest absolute Gasteiger partial charge is 0.416 e. The zero-order valence-corrected chi connectivity index (χ0v) is 17.5. The molecule has 2 aromatic heterocycles. The molecule has 3 aromatic rings. The van der Waals surface area contributed by atoms with E-state index in [1.807, 2.05) is 6.92 Å². The minimum absolute atomic E-state index is 0.0866.